The van der Waals surface area contributed by atoms with E-state index in [-0.39, 0.29) is 0 Å². The molecule has 1 amide bonds. The number of nitrogens with zero attached hydrogens (tertiary/aromatic N) is 1. The van der Waals surface area contributed by atoms with Crippen LogP contribution in [0, 0.1) is 5.92 Å². The SMILES string of the molecule is CCN(CC1CCCNC1)C(=O)CCC1CCCO1. The number of carbonyl (C=O) groups excluding carboxylic acids is 1. The summed E-state index contributed by atoms with van der Waals surface area (Å²) in [6, 6.07) is 0. The van der Waals surface area contributed by atoms with Crippen LogP contribution in [0.15, 0.2) is 0 Å². The van der Waals surface area contributed by atoms with E-state index >= 15 is 0 Å². The number of hydrogen-bond donors (Lipinski definition) is 1. The highest BCUT2D eigenvalue weighted by Gasteiger charge is 2.21. The zero-order valence-electron chi connectivity index (χ0n) is 12.2. The summed E-state index contributed by atoms with van der Waals surface area (Å²) in [4.78, 5) is 14.3. The van der Waals surface area contributed by atoms with Crippen LogP contribution in [-0.4, -0.2) is 49.7 Å². The molecule has 0 spiro atoms. The Kier molecular flexibility index (Phi) is 6.11. The quantitative estimate of drug-likeness (QED) is 0.798. The lowest BCUT2D eigenvalue weighted by molar-refractivity contribution is -0.132. The average Bonchev–Trinajstić information content (AvgIpc) is 2.96. The maximum atomic E-state index is 12.3. The molecule has 110 valence electrons. The van der Waals surface area contributed by atoms with E-state index < -0.39 is 0 Å². The first kappa shape index (κ1) is 14.8. The summed E-state index contributed by atoms with van der Waals surface area (Å²) in [6.45, 7) is 6.92. The van der Waals surface area contributed by atoms with Crippen LogP contribution in [0.4, 0.5) is 0 Å². The van der Waals surface area contributed by atoms with Crippen molar-refractivity contribution in [1.29, 1.82) is 0 Å². The molecular weight excluding hydrogens is 240 g/mol. The van der Waals surface area contributed by atoms with Gasteiger partial charge in [0.25, 0.3) is 0 Å². The van der Waals surface area contributed by atoms with E-state index in [4.69, 9.17) is 4.74 Å². The number of piperidine rings is 1. The monoisotopic (exact) mass is 268 g/mol. The lowest BCUT2D eigenvalue weighted by atomic mass is 9.99. The average molecular weight is 268 g/mol. The number of nitrogens with one attached hydrogen (secondary N) is 1. The van der Waals surface area contributed by atoms with Crippen LogP contribution in [0.5, 0.6) is 0 Å². The zero-order chi connectivity index (χ0) is 13.5. The Morgan fingerprint density at radius 2 is 2.26 bits per heavy atom. The predicted octanol–water partition coefficient (Wildman–Crippen LogP) is 1.79. The fraction of sp³-hybridized carbons (Fsp3) is 0.933. The standard InChI is InChI=1S/C15H28N2O2/c1-2-17(12-13-5-3-9-16-11-13)15(18)8-7-14-6-4-10-19-14/h13-14,16H,2-12H2,1H3. The van der Waals surface area contributed by atoms with E-state index in [1.807, 2.05) is 4.90 Å². The summed E-state index contributed by atoms with van der Waals surface area (Å²) in [5.74, 6) is 0.948. The van der Waals surface area contributed by atoms with Crippen molar-refractivity contribution in [1.82, 2.24) is 10.2 Å². The van der Waals surface area contributed by atoms with Crippen molar-refractivity contribution in [3.05, 3.63) is 0 Å². The third-order valence-corrected chi connectivity index (χ3v) is 4.32. The van der Waals surface area contributed by atoms with Gasteiger partial charge in [-0.3, -0.25) is 4.79 Å². The fourth-order valence-electron chi connectivity index (χ4n) is 3.11. The van der Waals surface area contributed by atoms with E-state index in [0.717, 1.165) is 52.0 Å². The molecule has 4 heteroatoms. The lowest BCUT2D eigenvalue weighted by Gasteiger charge is -2.29. The molecular formula is C15H28N2O2. The molecule has 4 nitrogen and oxygen atoms in total. The van der Waals surface area contributed by atoms with Crippen LogP contribution in [0.1, 0.15) is 45.4 Å². The molecule has 2 atom stereocenters. The molecule has 2 rings (SSSR count). The summed E-state index contributed by atoms with van der Waals surface area (Å²) in [5, 5.41) is 3.42. The van der Waals surface area contributed by atoms with Crippen LogP contribution in [0.25, 0.3) is 0 Å². The molecule has 2 fully saturated rings. The van der Waals surface area contributed by atoms with Crippen LogP contribution in [0.2, 0.25) is 0 Å². The molecule has 2 unspecified atom stereocenters. The number of hydrogen-bond acceptors (Lipinski definition) is 3. The third kappa shape index (κ3) is 4.77. The van der Waals surface area contributed by atoms with Gasteiger partial charge in [-0.2, -0.15) is 0 Å². The number of rotatable bonds is 6. The van der Waals surface area contributed by atoms with Gasteiger partial charge in [0.2, 0.25) is 5.91 Å². The van der Waals surface area contributed by atoms with Crippen molar-refractivity contribution in [3.63, 3.8) is 0 Å². The van der Waals surface area contributed by atoms with Crippen LogP contribution in [-0.2, 0) is 9.53 Å². The number of carbonyl (C=O) groups is 1. The van der Waals surface area contributed by atoms with Gasteiger partial charge in [0.05, 0.1) is 6.10 Å². The van der Waals surface area contributed by atoms with Gasteiger partial charge in [0.15, 0.2) is 0 Å². The molecule has 0 bridgehead atoms. The minimum Gasteiger partial charge on any atom is -0.378 e. The van der Waals surface area contributed by atoms with Gasteiger partial charge >= 0.3 is 0 Å². The van der Waals surface area contributed by atoms with E-state index in [1.165, 1.54) is 12.8 Å². The molecule has 0 aromatic heterocycles. The van der Waals surface area contributed by atoms with Crippen LogP contribution in [0.3, 0.4) is 0 Å². The van der Waals surface area contributed by atoms with Crippen molar-refractivity contribution >= 4 is 5.91 Å². The number of amides is 1. The Morgan fingerprint density at radius 3 is 2.89 bits per heavy atom. The summed E-state index contributed by atoms with van der Waals surface area (Å²) in [5.41, 5.74) is 0. The Labute approximate surface area is 116 Å². The summed E-state index contributed by atoms with van der Waals surface area (Å²) in [7, 11) is 0. The molecule has 19 heavy (non-hydrogen) atoms. The van der Waals surface area contributed by atoms with Gasteiger partial charge in [-0.1, -0.05) is 0 Å². The van der Waals surface area contributed by atoms with Crippen molar-refractivity contribution in [3.8, 4) is 0 Å². The fourth-order valence-corrected chi connectivity index (χ4v) is 3.11. The molecule has 0 saturated carbocycles. The summed E-state index contributed by atoms with van der Waals surface area (Å²) in [6.07, 6.45) is 6.67. The smallest absolute Gasteiger partial charge is 0.222 e. The molecule has 2 aliphatic heterocycles. The van der Waals surface area contributed by atoms with Crippen molar-refractivity contribution < 1.29 is 9.53 Å². The predicted molar refractivity (Wildman–Crippen MR) is 76.1 cm³/mol. The molecule has 1 N–H and O–H groups in total. The first-order valence-corrected chi connectivity index (χ1v) is 7.89. The largest absolute Gasteiger partial charge is 0.378 e. The van der Waals surface area contributed by atoms with Gasteiger partial charge < -0.3 is 15.0 Å². The van der Waals surface area contributed by atoms with Crippen LogP contribution >= 0.6 is 0 Å². The molecule has 0 aliphatic carbocycles. The van der Waals surface area contributed by atoms with E-state index in [1.54, 1.807) is 0 Å². The maximum absolute atomic E-state index is 12.3. The second kappa shape index (κ2) is 7.85. The lowest BCUT2D eigenvalue weighted by Crippen LogP contribution is -2.41. The highest BCUT2D eigenvalue weighted by Crippen LogP contribution is 2.18. The summed E-state index contributed by atoms with van der Waals surface area (Å²) >= 11 is 0. The first-order chi connectivity index (χ1) is 9.29. The van der Waals surface area contributed by atoms with Gasteiger partial charge in [-0.15, -0.1) is 0 Å². The Morgan fingerprint density at radius 1 is 1.37 bits per heavy atom. The molecule has 0 aromatic rings. The van der Waals surface area contributed by atoms with Crippen molar-refractivity contribution in [2.75, 3.05) is 32.8 Å². The minimum atomic E-state index is 0.309. The normalized spacial score (nSPS) is 27.4. The summed E-state index contributed by atoms with van der Waals surface area (Å²) < 4.78 is 5.59. The second-order valence-electron chi connectivity index (χ2n) is 5.82. The zero-order valence-corrected chi connectivity index (χ0v) is 12.2. The van der Waals surface area contributed by atoms with Crippen molar-refractivity contribution in [2.24, 2.45) is 5.92 Å². The second-order valence-corrected chi connectivity index (χ2v) is 5.82. The molecule has 2 aliphatic rings. The van der Waals surface area contributed by atoms with Gasteiger partial charge in [-0.25, -0.2) is 0 Å². The molecule has 0 radical (unpaired) electrons. The van der Waals surface area contributed by atoms with Gasteiger partial charge in [0, 0.05) is 26.1 Å². The Hall–Kier alpha value is -0.610. The van der Waals surface area contributed by atoms with E-state index in [0.29, 0.717) is 24.3 Å². The molecule has 2 saturated heterocycles. The van der Waals surface area contributed by atoms with Crippen LogP contribution < -0.4 is 5.32 Å². The van der Waals surface area contributed by atoms with Gasteiger partial charge in [0.1, 0.15) is 0 Å². The topological polar surface area (TPSA) is 41.6 Å². The highest BCUT2D eigenvalue weighted by molar-refractivity contribution is 5.76. The molecule has 2 heterocycles. The van der Waals surface area contributed by atoms with E-state index in [2.05, 4.69) is 12.2 Å². The van der Waals surface area contributed by atoms with Crippen molar-refractivity contribution in [2.45, 2.75) is 51.6 Å². The Balaban J connectivity index is 1.70. The molecule has 0 aromatic carbocycles. The highest BCUT2D eigenvalue weighted by atomic mass is 16.5. The third-order valence-electron chi connectivity index (χ3n) is 4.32. The Bertz CT molecular complexity index is 271. The minimum absolute atomic E-state index is 0.309. The van der Waals surface area contributed by atoms with E-state index in [9.17, 15) is 4.79 Å². The maximum Gasteiger partial charge on any atom is 0.222 e. The number of ether oxygens (including phenoxy) is 1. The first-order valence-electron chi connectivity index (χ1n) is 7.89. The van der Waals surface area contributed by atoms with Gasteiger partial charge in [-0.05, 0) is 58.0 Å².